The number of carbonyl (C=O) groups excluding carboxylic acids is 1. The molecule has 26 heavy (non-hydrogen) atoms. The first-order valence-corrected chi connectivity index (χ1v) is 9.14. The maximum absolute atomic E-state index is 11.9. The molecule has 0 radical (unpaired) electrons. The number of carbonyl (C=O) groups is 1. The number of rotatable bonds is 8. The molecule has 1 N–H and O–H groups in total. The lowest BCUT2D eigenvalue weighted by molar-refractivity contribution is -0.118. The molecule has 2 aromatic heterocycles. The van der Waals surface area contributed by atoms with Gasteiger partial charge in [-0.15, -0.1) is 10.2 Å². The fraction of sp³-hybridized carbons (Fsp3) is 0.235. The van der Waals surface area contributed by atoms with Crippen LogP contribution in [0.5, 0.6) is 5.75 Å². The molecule has 2 heterocycles. The number of nitrogens with zero attached hydrogens (tertiary/aromatic N) is 2. The molecule has 0 fully saturated rings. The molecule has 0 aliphatic heterocycles. The highest BCUT2D eigenvalue weighted by molar-refractivity contribution is 7.99. The normalized spacial score (nSPS) is 10.7. The first kappa shape index (κ1) is 18.3. The van der Waals surface area contributed by atoms with Gasteiger partial charge in [0.25, 0.3) is 11.1 Å². The number of hydrogen-bond donors (Lipinski definition) is 1. The van der Waals surface area contributed by atoms with Crippen LogP contribution in [-0.2, 0) is 4.79 Å². The van der Waals surface area contributed by atoms with Crippen LogP contribution in [0.3, 0.4) is 0 Å². The van der Waals surface area contributed by atoms with E-state index in [4.69, 9.17) is 25.2 Å². The van der Waals surface area contributed by atoms with Crippen LogP contribution in [0.25, 0.3) is 11.5 Å². The largest absolute Gasteiger partial charge is 0.492 e. The van der Waals surface area contributed by atoms with Crippen molar-refractivity contribution in [3.63, 3.8) is 0 Å². The van der Waals surface area contributed by atoms with Crippen molar-refractivity contribution in [2.45, 2.75) is 12.1 Å². The van der Waals surface area contributed by atoms with Crippen molar-refractivity contribution in [3.8, 4) is 17.2 Å². The number of ether oxygens (including phenoxy) is 1. The highest BCUT2D eigenvalue weighted by atomic mass is 35.5. The molecular formula is C17H16ClN3O4S. The summed E-state index contributed by atoms with van der Waals surface area (Å²) in [5.74, 6) is 1.80. The lowest BCUT2D eigenvalue weighted by Crippen LogP contribution is -2.29. The minimum absolute atomic E-state index is 0.144. The Bertz CT molecular complexity index is 863. The molecule has 0 spiro atoms. The second-order valence-corrected chi connectivity index (χ2v) is 6.57. The van der Waals surface area contributed by atoms with E-state index in [0.717, 1.165) is 5.56 Å². The third kappa shape index (κ3) is 5.03. The molecule has 7 nitrogen and oxygen atoms in total. The molecule has 0 aliphatic carbocycles. The first-order valence-electron chi connectivity index (χ1n) is 7.77. The van der Waals surface area contributed by atoms with Gasteiger partial charge in [0.1, 0.15) is 18.1 Å². The zero-order valence-electron chi connectivity index (χ0n) is 13.9. The van der Waals surface area contributed by atoms with E-state index in [0.29, 0.717) is 40.8 Å². The standard InChI is InChI=1S/C17H16ClN3O4S/c1-11-14(6-8-23-11)16-20-21-17(25-16)26-10-15(22)19-7-9-24-13-4-2-12(18)3-5-13/h2-6,8H,7,9-10H2,1H3,(H,19,22). The van der Waals surface area contributed by atoms with Gasteiger partial charge in [-0.2, -0.15) is 0 Å². The van der Waals surface area contributed by atoms with Gasteiger partial charge in [-0.3, -0.25) is 4.79 Å². The van der Waals surface area contributed by atoms with Crippen LogP contribution >= 0.6 is 23.4 Å². The van der Waals surface area contributed by atoms with E-state index in [1.54, 1.807) is 36.6 Å². The average Bonchev–Trinajstić information content (AvgIpc) is 3.27. The topological polar surface area (TPSA) is 90.4 Å². The third-order valence-corrected chi connectivity index (χ3v) is 4.40. The molecule has 0 saturated carbocycles. The summed E-state index contributed by atoms with van der Waals surface area (Å²) < 4.78 is 16.2. The highest BCUT2D eigenvalue weighted by Gasteiger charge is 2.14. The Balaban J connectivity index is 1.37. The molecule has 136 valence electrons. The van der Waals surface area contributed by atoms with Gasteiger partial charge < -0.3 is 18.9 Å². The predicted octanol–water partition coefficient (Wildman–Crippen LogP) is 3.58. The van der Waals surface area contributed by atoms with Crippen LogP contribution < -0.4 is 10.1 Å². The van der Waals surface area contributed by atoms with Crippen LogP contribution in [0.15, 0.2) is 50.7 Å². The fourth-order valence-corrected chi connectivity index (χ4v) is 2.77. The molecule has 0 unspecified atom stereocenters. The summed E-state index contributed by atoms with van der Waals surface area (Å²) in [4.78, 5) is 11.9. The van der Waals surface area contributed by atoms with E-state index in [1.807, 2.05) is 6.92 Å². The first-order chi connectivity index (χ1) is 12.6. The Morgan fingerprint density at radius 3 is 2.81 bits per heavy atom. The van der Waals surface area contributed by atoms with Gasteiger partial charge in [-0.05, 0) is 37.3 Å². The van der Waals surface area contributed by atoms with Gasteiger partial charge in [0.05, 0.1) is 24.1 Å². The SMILES string of the molecule is Cc1occc1-c1nnc(SCC(=O)NCCOc2ccc(Cl)cc2)o1. The van der Waals surface area contributed by atoms with Crippen molar-refractivity contribution in [2.75, 3.05) is 18.9 Å². The van der Waals surface area contributed by atoms with Gasteiger partial charge >= 0.3 is 0 Å². The number of halogens is 1. The molecule has 0 aliphatic rings. The van der Waals surface area contributed by atoms with Gasteiger partial charge in [-0.25, -0.2) is 0 Å². The number of amides is 1. The lowest BCUT2D eigenvalue weighted by atomic mass is 10.3. The zero-order chi connectivity index (χ0) is 18.4. The summed E-state index contributed by atoms with van der Waals surface area (Å²) >= 11 is 6.97. The highest BCUT2D eigenvalue weighted by Crippen LogP contribution is 2.26. The molecule has 1 amide bonds. The van der Waals surface area contributed by atoms with E-state index >= 15 is 0 Å². The quantitative estimate of drug-likeness (QED) is 0.462. The van der Waals surface area contributed by atoms with E-state index in [1.165, 1.54) is 11.8 Å². The van der Waals surface area contributed by atoms with Crippen molar-refractivity contribution >= 4 is 29.3 Å². The van der Waals surface area contributed by atoms with E-state index < -0.39 is 0 Å². The summed E-state index contributed by atoms with van der Waals surface area (Å²) in [6.45, 7) is 2.57. The minimum atomic E-state index is -0.144. The molecule has 0 saturated heterocycles. The second-order valence-electron chi connectivity index (χ2n) is 5.20. The smallest absolute Gasteiger partial charge is 0.277 e. The van der Waals surface area contributed by atoms with Crippen LogP contribution in [-0.4, -0.2) is 35.0 Å². The number of benzene rings is 1. The maximum atomic E-state index is 11.9. The maximum Gasteiger partial charge on any atom is 0.277 e. The van der Waals surface area contributed by atoms with Crippen LogP contribution in [0.2, 0.25) is 5.02 Å². The number of nitrogens with one attached hydrogen (secondary N) is 1. The Morgan fingerprint density at radius 2 is 2.08 bits per heavy atom. The zero-order valence-corrected chi connectivity index (χ0v) is 15.5. The minimum Gasteiger partial charge on any atom is -0.492 e. The third-order valence-electron chi connectivity index (χ3n) is 3.33. The van der Waals surface area contributed by atoms with Crippen LogP contribution in [0, 0.1) is 6.92 Å². The fourth-order valence-electron chi connectivity index (χ4n) is 2.05. The monoisotopic (exact) mass is 393 g/mol. The van der Waals surface area contributed by atoms with Crippen molar-refractivity contribution in [1.82, 2.24) is 15.5 Å². The van der Waals surface area contributed by atoms with E-state index in [-0.39, 0.29) is 11.7 Å². The number of aryl methyl sites for hydroxylation is 1. The molecular weight excluding hydrogens is 378 g/mol. The van der Waals surface area contributed by atoms with Gasteiger partial charge in [-0.1, -0.05) is 23.4 Å². The Labute approximate surface area is 159 Å². The predicted molar refractivity (Wildman–Crippen MR) is 97.4 cm³/mol. The van der Waals surface area contributed by atoms with Crippen LogP contribution in [0.1, 0.15) is 5.76 Å². The van der Waals surface area contributed by atoms with E-state index in [2.05, 4.69) is 15.5 Å². The lowest BCUT2D eigenvalue weighted by Gasteiger charge is -2.07. The summed E-state index contributed by atoms with van der Waals surface area (Å²) in [5, 5.41) is 11.6. The van der Waals surface area contributed by atoms with Crippen molar-refractivity contribution in [1.29, 1.82) is 0 Å². The average molecular weight is 394 g/mol. The molecule has 0 atom stereocenters. The Morgan fingerprint density at radius 1 is 1.27 bits per heavy atom. The summed E-state index contributed by atoms with van der Waals surface area (Å²) in [6, 6.07) is 8.79. The van der Waals surface area contributed by atoms with Gasteiger partial charge in [0.2, 0.25) is 5.91 Å². The van der Waals surface area contributed by atoms with Crippen LogP contribution in [0.4, 0.5) is 0 Å². The summed E-state index contributed by atoms with van der Waals surface area (Å²) in [7, 11) is 0. The molecule has 9 heteroatoms. The van der Waals surface area contributed by atoms with Crippen molar-refractivity contribution in [3.05, 3.63) is 47.4 Å². The summed E-state index contributed by atoms with van der Waals surface area (Å²) in [6.07, 6.45) is 1.56. The van der Waals surface area contributed by atoms with Gasteiger partial charge in [0.15, 0.2) is 0 Å². The number of furan rings is 1. The van der Waals surface area contributed by atoms with Crippen molar-refractivity contribution < 1.29 is 18.4 Å². The summed E-state index contributed by atoms with van der Waals surface area (Å²) in [5.41, 5.74) is 0.744. The van der Waals surface area contributed by atoms with Gasteiger partial charge in [0, 0.05) is 5.02 Å². The van der Waals surface area contributed by atoms with E-state index in [9.17, 15) is 4.79 Å². The van der Waals surface area contributed by atoms with Crippen molar-refractivity contribution in [2.24, 2.45) is 0 Å². The molecule has 1 aromatic carbocycles. The Kier molecular flexibility index (Phi) is 6.19. The number of thioether (sulfide) groups is 1. The molecule has 3 aromatic rings. The molecule has 3 rings (SSSR count). The Hall–Kier alpha value is -2.45. The number of hydrogen-bond acceptors (Lipinski definition) is 7. The second kappa shape index (κ2) is 8.77. The number of aromatic nitrogens is 2. The molecule has 0 bridgehead atoms.